The summed E-state index contributed by atoms with van der Waals surface area (Å²) in [6.07, 6.45) is 3.98. The van der Waals surface area contributed by atoms with E-state index in [4.69, 9.17) is 16.6 Å². The van der Waals surface area contributed by atoms with E-state index in [1.165, 1.54) is 5.56 Å². The molecule has 4 heteroatoms. The van der Waals surface area contributed by atoms with Gasteiger partial charge in [-0.3, -0.25) is 9.36 Å². The Kier molecular flexibility index (Phi) is 3.73. The molecule has 0 unspecified atom stereocenters. The largest absolute Gasteiger partial charge is 0.292 e. The maximum absolute atomic E-state index is 12.7. The van der Waals surface area contributed by atoms with Crippen LogP contribution in [0.5, 0.6) is 0 Å². The third kappa shape index (κ3) is 2.55. The van der Waals surface area contributed by atoms with Gasteiger partial charge >= 0.3 is 0 Å². The van der Waals surface area contributed by atoms with Gasteiger partial charge in [-0.15, -0.1) is 0 Å². The topological polar surface area (TPSA) is 34.9 Å². The van der Waals surface area contributed by atoms with Gasteiger partial charge in [-0.25, -0.2) is 4.98 Å². The van der Waals surface area contributed by atoms with Crippen molar-refractivity contribution in [3.8, 4) is 0 Å². The molecule has 0 bridgehead atoms. The summed E-state index contributed by atoms with van der Waals surface area (Å²) in [5, 5.41) is 1.22. The van der Waals surface area contributed by atoms with Gasteiger partial charge in [0.25, 0.3) is 5.56 Å². The van der Waals surface area contributed by atoms with E-state index in [2.05, 4.69) is 37.3 Å². The minimum absolute atomic E-state index is 0.0106. The van der Waals surface area contributed by atoms with Gasteiger partial charge in [-0.2, -0.15) is 0 Å². The first kappa shape index (κ1) is 15.2. The maximum atomic E-state index is 12.7. The highest BCUT2D eigenvalue weighted by Crippen LogP contribution is 2.28. The number of nitrogens with zero attached hydrogens (tertiary/aromatic N) is 2. The van der Waals surface area contributed by atoms with Crippen LogP contribution in [0.2, 0.25) is 5.02 Å². The molecule has 3 nitrogen and oxygen atoms in total. The van der Waals surface area contributed by atoms with Crippen LogP contribution < -0.4 is 5.56 Å². The number of hydrogen-bond donors (Lipinski definition) is 0. The van der Waals surface area contributed by atoms with Gasteiger partial charge < -0.3 is 0 Å². The zero-order valence-corrected chi connectivity index (χ0v) is 14.2. The van der Waals surface area contributed by atoms with Gasteiger partial charge in [0.1, 0.15) is 5.82 Å². The smallest absolute Gasteiger partial charge is 0.261 e. The number of rotatable bonds is 2. The fourth-order valence-corrected chi connectivity index (χ4v) is 3.34. The van der Waals surface area contributed by atoms with Gasteiger partial charge in [0.05, 0.1) is 10.9 Å². The van der Waals surface area contributed by atoms with Gasteiger partial charge in [0.2, 0.25) is 0 Å². The first-order valence-corrected chi connectivity index (χ1v) is 8.53. The summed E-state index contributed by atoms with van der Waals surface area (Å²) in [4.78, 5) is 17.4. The van der Waals surface area contributed by atoms with E-state index in [0.717, 1.165) is 29.8 Å². The van der Waals surface area contributed by atoms with Crippen molar-refractivity contribution in [2.75, 3.05) is 0 Å². The molecule has 0 atom stereocenters. The Bertz CT molecular complexity index is 1020. The maximum Gasteiger partial charge on any atom is 0.261 e. The van der Waals surface area contributed by atoms with E-state index in [1.807, 2.05) is 0 Å². The number of aromatic nitrogens is 2. The minimum Gasteiger partial charge on any atom is -0.292 e. The molecule has 0 spiro atoms. The van der Waals surface area contributed by atoms with Crippen LogP contribution in [0.15, 0.2) is 47.3 Å². The van der Waals surface area contributed by atoms with Gasteiger partial charge in [0.15, 0.2) is 0 Å². The second kappa shape index (κ2) is 5.91. The number of allylic oxidation sites excluding steroid dienone is 1. The summed E-state index contributed by atoms with van der Waals surface area (Å²) in [6, 6.07) is 13.8. The molecule has 0 saturated carbocycles. The predicted molar refractivity (Wildman–Crippen MR) is 99.3 cm³/mol. The van der Waals surface area contributed by atoms with Crippen molar-refractivity contribution >= 4 is 34.2 Å². The van der Waals surface area contributed by atoms with Crippen LogP contribution in [0.3, 0.4) is 0 Å². The first-order valence-electron chi connectivity index (χ1n) is 8.15. The molecule has 3 aromatic rings. The molecule has 1 aliphatic heterocycles. The highest BCUT2D eigenvalue weighted by atomic mass is 35.5. The summed E-state index contributed by atoms with van der Waals surface area (Å²) >= 11 is 6.05. The Hall–Kier alpha value is -2.39. The van der Waals surface area contributed by atoms with Crippen LogP contribution in [0, 0.1) is 0 Å². The van der Waals surface area contributed by atoms with E-state index >= 15 is 0 Å². The molecule has 1 aromatic heterocycles. The minimum atomic E-state index is 0.0106. The van der Waals surface area contributed by atoms with E-state index < -0.39 is 0 Å². The normalized spacial score (nSPS) is 15.2. The lowest BCUT2D eigenvalue weighted by Crippen LogP contribution is -2.20. The third-order valence-electron chi connectivity index (χ3n) is 4.54. The second-order valence-electron chi connectivity index (χ2n) is 6.07. The fraction of sp³-hybridized carbons (Fsp3) is 0.200. The molecule has 0 N–H and O–H groups in total. The highest BCUT2D eigenvalue weighted by Gasteiger charge is 2.20. The number of aryl methyl sites for hydroxylation is 1. The Morgan fingerprint density at radius 2 is 2.00 bits per heavy atom. The van der Waals surface area contributed by atoms with Gasteiger partial charge in [-0.05, 0) is 53.8 Å². The number of hydrogen-bond acceptors (Lipinski definition) is 2. The fourth-order valence-electron chi connectivity index (χ4n) is 3.18. The van der Waals surface area contributed by atoms with Crippen LogP contribution in [0.25, 0.3) is 22.6 Å². The molecule has 4 rings (SSSR count). The van der Waals surface area contributed by atoms with E-state index in [-0.39, 0.29) is 5.56 Å². The summed E-state index contributed by atoms with van der Waals surface area (Å²) in [7, 11) is 0. The molecule has 24 heavy (non-hydrogen) atoms. The lowest BCUT2D eigenvalue weighted by Gasteiger charge is -2.06. The van der Waals surface area contributed by atoms with Crippen molar-refractivity contribution in [3.05, 3.63) is 74.8 Å². The molecule has 120 valence electrons. The number of halogens is 1. The summed E-state index contributed by atoms with van der Waals surface area (Å²) < 4.78 is 1.77. The van der Waals surface area contributed by atoms with E-state index in [1.54, 1.807) is 22.8 Å². The Balaban J connectivity index is 1.84. The monoisotopic (exact) mass is 336 g/mol. The Labute approximate surface area is 145 Å². The van der Waals surface area contributed by atoms with Crippen LogP contribution in [-0.4, -0.2) is 9.55 Å². The van der Waals surface area contributed by atoms with E-state index in [9.17, 15) is 4.79 Å². The zero-order valence-electron chi connectivity index (χ0n) is 13.4. The molecular weight excluding hydrogens is 320 g/mol. The zero-order chi connectivity index (χ0) is 16.7. The second-order valence-corrected chi connectivity index (χ2v) is 6.50. The van der Waals surface area contributed by atoms with Crippen molar-refractivity contribution < 1.29 is 0 Å². The molecule has 2 aromatic carbocycles. The van der Waals surface area contributed by atoms with Gasteiger partial charge in [0, 0.05) is 11.6 Å². The standard InChI is InChI=1S/C20H17ClN2O/c1-2-13-3-5-14(6-4-13)11-15-9-10-23-19(15)22-18-12-16(21)7-8-17(18)20(23)24/h3-8,11-12H,2,9-10H2,1H3. The summed E-state index contributed by atoms with van der Waals surface area (Å²) in [5.41, 5.74) is 4.22. The molecular formula is C20H17ClN2O. The van der Waals surface area contributed by atoms with Crippen LogP contribution >= 0.6 is 11.6 Å². The van der Waals surface area contributed by atoms with Crippen molar-refractivity contribution in [2.45, 2.75) is 26.3 Å². The Morgan fingerprint density at radius 3 is 2.75 bits per heavy atom. The average Bonchev–Trinajstić information content (AvgIpc) is 2.98. The molecule has 0 fully saturated rings. The van der Waals surface area contributed by atoms with Crippen LogP contribution in [0.1, 0.15) is 30.3 Å². The van der Waals surface area contributed by atoms with Crippen molar-refractivity contribution in [1.82, 2.24) is 9.55 Å². The molecule has 2 heterocycles. The Morgan fingerprint density at radius 1 is 1.21 bits per heavy atom. The van der Waals surface area contributed by atoms with Crippen LogP contribution in [-0.2, 0) is 13.0 Å². The summed E-state index contributed by atoms with van der Waals surface area (Å²) in [5.74, 6) is 0.759. The molecule has 0 aliphatic carbocycles. The molecule has 0 amide bonds. The number of fused-ring (bicyclic) bond motifs is 2. The highest BCUT2D eigenvalue weighted by molar-refractivity contribution is 6.31. The van der Waals surface area contributed by atoms with Gasteiger partial charge in [-0.1, -0.05) is 42.8 Å². The lowest BCUT2D eigenvalue weighted by molar-refractivity contribution is 0.725. The third-order valence-corrected chi connectivity index (χ3v) is 4.77. The number of benzene rings is 2. The van der Waals surface area contributed by atoms with Crippen molar-refractivity contribution in [3.63, 3.8) is 0 Å². The first-order chi connectivity index (χ1) is 11.7. The van der Waals surface area contributed by atoms with E-state index in [0.29, 0.717) is 22.5 Å². The molecule has 1 aliphatic rings. The average molecular weight is 337 g/mol. The molecule has 0 saturated heterocycles. The van der Waals surface area contributed by atoms with Crippen molar-refractivity contribution in [1.29, 1.82) is 0 Å². The van der Waals surface area contributed by atoms with Crippen LogP contribution in [0.4, 0.5) is 0 Å². The van der Waals surface area contributed by atoms with Crippen molar-refractivity contribution in [2.24, 2.45) is 0 Å². The molecule has 0 radical (unpaired) electrons. The predicted octanol–water partition coefficient (Wildman–Crippen LogP) is 4.56. The SMILES string of the molecule is CCc1ccc(C=C2CCn3c2nc2cc(Cl)ccc2c3=O)cc1. The summed E-state index contributed by atoms with van der Waals surface area (Å²) in [6.45, 7) is 2.83. The lowest BCUT2D eigenvalue weighted by atomic mass is 10.1. The quantitative estimate of drug-likeness (QED) is 0.687.